The van der Waals surface area contributed by atoms with Crippen molar-refractivity contribution in [2.75, 3.05) is 11.1 Å². The van der Waals surface area contributed by atoms with Crippen LogP contribution in [0, 0.1) is 17.0 Å². The number of nitrogen functional groups attached to an aromatic ring is 1. The Balaban J connectivity index is 2.11. The molecule has 0 saturated heterocycles. The Kier molecular flexibility index (Phi) is 3.56. The van der Waals surface area contributed by atoms with E-state index < -0.39 is 4.92 Å². The van der Waals surface area contributed by atoms with Crippen molar-refractivity contribution in [2.45, 2.75) is 13.5 Å². The lowest BCUT2D eigenvalue weighted by atomic mass is 10.2. The fourth-order valence-corrected chi connectivity index (χ4v) is 1.60. The second-order valence-electron chi connectivity index (χ2n) is 3.98. The van der Waals surface area contributed by atoms with Gasteiger partial charge in [-0.05, 0) is 24.6 Å². The molecule has 7 heteroatoms. The first-order chi connectivity index (χ1) is 9.08. The summed E-state index contributed by atoms with van der Waals surface area (Å²) in [7, 11) is 0. The lowest BCUT2D eigenvalue weighted by molar-refractivity contribution is -0.384. The van der Waals surface area contributed by atoms with Gasteiger partial charge in [0.2, 0.25) is 5.82 Å². The Morgan fingerprint density at radius 3 is 2.84 bits per heavy atom. The lowest BCUT2D eigenvalue weighted by Gasteiger charge is -2.07. The third-order valence-corrected chi connectivity index (χ3v) is 2.65. The van der Waals surface area contributed by atoms with Crippen molar-refractivity contribution in [3.05, 3.63) is 51.8 Å². The number of hydrogen-bond donors (Lipinski definition) is 2. The molecule has 0 aromatic carbocycles. The van der Waals surface area contributed by atoms with E-state index in [1.54, 1.807) is 6.20 Å². The average molecular weight is 259 g/mol. The van der Waals surface area contributed by atoms with E-state index in [0.29, 0.717) is 12.4 Å². The van der Waals surface area contributed by atoms with E-state index in [1.807, 2.05) is 19.1 Å². The summed E-state index contributed by atoms with van der Waals surface area (Å²) in [5.41, 5.74) is 7.27. The molecule has 0 fully saturated rings. The standard InChI is InChI=1S/C12H13N5O2/c1-8-3-2-6-14-9(8)7-15-11-5-4-10(17(18)19)12(13)16-11/h2-6H,7H2,1H3,(H3,13,15,16). The maximum absolute atomic E-state index is 10.6. The highest BCUT2D eigenvalue weighted by atomic mass is 16.6. The minimum Gasteiger partial charge on any atom is -0.378 e. The van der Waals surface area contributed by atoms with Gasteiger partial charge in [0, 0.05) is 12.3 Å². The van der Waals surface area contributed by atoms with Crippen LogP contribution in [-0.4, -0.2) is 14.9 Å². The van der Waals surface area contributed by atoms with Gasteiger partial charge in [0.05, 0.1) is 17.2 Å². The summed E-state index contributed by atoms with van der Waals surface area (Å²) in [5.74, 6) is 0.376. The molecule has 0 aliphatic rings. The van der Waals surface area contributed by atoms with Crippen molar-refractivity contribution < 1.29 is 4.92 Å². The lowest BCUT2D eigenvalue weighted by Crippen LogP contribution is -2.06. The fourth-order valence-electron chi connectivity index (χ4n) is 1.60. The van der Waals surface area contributed by atoms with Crippen LogP contribution in [0.4, 0.5) is 17.3 Å². The largest absolute Gasteiger partial charge is 0.378 e. The SMILES string of the molecule is Cc1cccnc1CNc1ccc([N+](=O)[O-])c(N)n1. The van der Waals surface area contributed by atoms with Crippen LogP contribution in [-0.2, 0) is 6.54 Å². The maximum Gasteiger partial charge on any atom is 0.311 e. The van der Waals surface area contributed by atoms with Crippen LogP contribution in [0.1, 0.15) is 11.3 Å². The van der Waals surface area contributed by atoms with Crippen LogP contribution in [0.2, 0.25) is 0 Å². The summed E-state index contributed by atoms with van der Waals surface area (Å²) in [5, 5.41) is 13.6. The van der Waals surface area contributed by atoms with Crippen molar-refractivity contribution in [1.29, 1.82) is 0 Å². The zero-order valence-electron chi connectivity index (χ0n) is 10.3. The highest BCUT2D eigenvalue weighted by Crippen LogP contribution is 2.21. The van der Waals surface area contributed by atoms with Gasteiger partial charge in [0.15, 0.2) is 0 Å². The summed E-state index contributed by atoms with van der Waals surface area (Å²) >= 11 is 0. The molecule has 0 aliphatic heterocycles. The van der Waals surface area contributed by atoms with Gasteiger partial charge in [-0.2, -0.15) is 0 Å². The number of rotatable bonds is 4. The van der Waals surface area contributed by atoms with Gasteiger partial charge < -0.3 is 11.1 Å². The molecule has 2 aromatic rings. The van der Waals surface area contributed by atoms with Gasteiger partial charge in [-0.3, -0.25) is 15.1 Å². The molecule has 3 N–H and O–H groups in total. The molecule has 0 bridgehead atoms. The molecule has 0 saturated carbocycles. The third-order valence-electron chi connectivity index (χ3n) is 2.65. The molecule has 0 unspecified atom stereocenters. The van der Waals surface area contributed by atoms with Crippen molar-refractivity contribution in [2.24, 2.45) is 0 Å². The van der Waals surface area contributed by atoms with Crippen LogP contribution in [0.25, 0.3) is 0 Å². The van der Waals surface area contributed by atoms with Gasteiger partial charge >= 0.3 is 5.69 Å². The number of nitrogens with two attached hydrogens (primary N) is 1. The summed E-state index contributed by atoms with van der Waals surface area (Å²) in [6, 6.07) is 6.67. The molecule has 19 heavy (non-hydrogen) atoms. The zero-order valence-corrected chi connectivity index (χ0v) is 10.3. The molecule has 2 heterocycles. The normalized spacial score (nSPS) is 10.2. The van der Waals surface area contributed by atoms with Crippen molar-refractivity contribution in [3.63, 3.8) is 0 Å². The first-order valence-electron chi connectivity index (χ1n) is 5.63. The van der Waals surface area contributed by atoms with Gasteiger partial charge in [0.1, 0.15) is 5.82 Å². The number of nitrogens with one attached hydrogen (secondary N) is 1. The van der Waals surface area contributed by atoms with Gasteiger partial charge in [-0.25, -0.2) is 4.98 Å². The molecule has 0 radical (unpaired) electrons. The molecule has 2 aromatic heterocycles. The molecule has 0 atom stereocenters. The highest BCUT2D eigenvalue weighted by Gasteiger charge is 2.12. The summed E-state index contributed by atoms with van der Waals surface area (Å²) in [6.45, 7) is 2.44. The highest BCUT2D eigenvalue weighted by molar-refractivity contribution is 5.57. The predicted octanol–water partition coefficient (Wildman–Crippen LogP) is 1.89. The molecule has 0 spiro atoms. The Morgan fingerprint density at radius 2 is 2.21 bits per heavy atom. The minimum absolute atomic E-state index is 0.104. The monoisotopic (exact) mass is 259 g/mol. The molecule has 0 amide bonds. The van der Waals surface area contributed by atoms with Crippen molar-refractivity contribution in [3.8, 4) is 0 Å². The Morgan fingerprint density at radius 1 is 1.42 bits per heavy atom. The molecular formula is C12H13N5O2. The average Bonchev–Trinajstić information content (AvgIpc) is 2.37. The second kappa shape index (κ2) is 5.30. The number of pyridine rings is 2. The molecule has 98 valence electrons. The number of nitrogens with zero attached hydrogens (tertiary/aromatic N) is 3. The maximum atomic E-state index is 10.6. The number of nitro groups is 1. The van der Waals surface area contributed by atoms with E-state index in [-0.39, 0.29) is 11.5 Å². The smallest absolute Gasteiger partial charge is 0.311 e. The Bertz CT molecular complexity index is 615. The first kappa shape index (κ1) is 12.7. The van der Waals surface area contributed by atoms with E-state index in [1.165, 1.54) is 12.1 Å². The van der Waals surface area contributed by atoms with Crippen molar-refractivity contribution >= 4 is 17.3 Å². The van der Waals surface area contributed by atoms with Gasteiger partial charge in [-0.15, -0.1) is 0 Å². The van der Waals surface area contributed by atoms with Crippen molar-refractivity contribution in [1.82, 2.24) is 9.97 Å². The zero-order chi connectivity index (χ0) is 13.8. The summed E-state index contributed by atoms with van der Waals surface area (Å²) < 4.78 is 0. The molecular weight excluding hydrogens is 246 g/mol. The number of aryl methyl sites for hydroxylation is 1. The predicted molar refractivity (Wildman–Crippen MR) is 71.6 cm³/mol. The van der Waals surface area contributed by atoms with Gasteiger partial charge in [-0.1, -0.05) is 6.07 Å². The number of aromatic nitrogens is 2. The van der Waals surface area contributed by atoms with E-state index >= 15 is 0 Å². The van der Waals surface area contributed by atoms with Crippen LogP contribution >= 0.6 is 0 Å². The fraction of sp³-hybridized carbons (Fsp3) is 0.167. The minimum atomic E-state index is -0.561. The molecule has 0 aliphatic carbocycles. The summed E-state index contributed by atoms with van der Waals surface area (Å²) in [4.78, 5) is 18.2. The molecule has 2 rings (SSSR count). The second-order valence-corrected chi connectivity index (χ2v) is 3.98. The third kappa shape index (κ3) is 2.95. The van der Waals surface area contributed by atoms with Gasteiger partial charge in [0.25, 0.3) is 0 Å². The molecule has 7 nitrogen and oxygen atoms in total. The van der Waals surface area contributed by atoms with E-state index in [2.05, 4.69) is 15.3 Å². The van der Waals surface area contributed by atoms with Crippen LogP contribution in [0.15, 0.2) is 30.5 Å². The quantitative estimate of drug-likeness (QED) is 0.641. The number of hydrogen-bond acceptors (Lipinski definition) is 6. The van der Waals surface area contributed by atoms with E-state index in [0.717, 1.165) is 11.3 Å². The van der Waals surface area contributed by atoms with Crippen LogP contribution in [0.5, 0.6) is 0 Å². The summed E-state index contributed by atoms with van der Waals surface area (Å²) in [6.07, 6.45) is 1.71. The first-order valence-corrected chi connectivity index (χ1v) is 5.63. The van der Waals surface area contributed by atoms with Crippen LogP contribution < -0.4 is 11.1 Å². The Labute approximate surface area is 109 Å². The number of anilines is 2. The van der Waals surface area contributed by atoms with E-state index in [9.17, 15) is 10.1 Å². The van der Waals surface area contributed by atoms with E-state index in [4.69, 9.17) is 5.73 Å². The van der Waals surface area contributed by atoms with Crippen LogP contribution in [0.3, 0.4) is 0 Å². The topological polar surface area (TPSA) is 107 Å². The Hall–Kier alpha value is -2.70.